The summed E-state index contributed by atoms with van der Waals surface area (Å²) in [6, 6.07) is 8.70. The van der Waals surface area contributed by atoms with E-state index in [1.54, 1.807) is 0 Å². The summed E-state index contributed by atoms with van der Waals surface area (Å²) in [6.45, 7) is 1.32. The molecular formula is C15H23NO4. The van der Waals surface area contributed by atoms with Gasteiger partial charge in [0, 0.05) is 0 Å². The third-order valence-electron chi connectivity index (χ3n) is 3.54. The van der Waals surface area contributed by atoms with E-state index in [0.29, 0.717) is 12.8 Å². The van der Waals surface area contributed by atoms with Crippen molar-refractivity contribution in [3.05, 3.63) is 35.9 Å². The van der Waals surface area contributed by atoms with Crippen LogP contribution in [0.25, 0.3) is 0 Å². The lowest BCUT2D eigenvalue weighted by molar-refractivity contribution is -0.151. The molecule has 0 bridgehead atoms. The largest absolute Gasteiger partial charge is 0.464 e. The summed E-state index contributed by atoms with van der Waals surface area (Å²) < 4.78 is 5.13. The molecule has 1 aromatic rings. The Morgan fingerprint density at radius 2 is 1.90 bits per heavy atom. The molecule has 5 nitrogen and oxygen atoms in total. The summed E-state index contributed by atoms with van der Waals surface area (Å²) in [5.41, 5.74) is 5.97. The molecular weight excluding hydrogens is 258 g/mol. The average molecular weight is 281 g/mol. The number of carbonyl (C=O) groups is 1. The zero-order valence-electron chi connectivity index (χ0n) is 11.8. The van der Waals surface area contributed by atoms with E-state index in [9.17, 15) is 15.0 Å². The van der Waals surface area contributed by atoms with E-state index in [-0.39, 0.29) is 19.8 Å². The second kappa shape index (κ2) is 7.99. The molecule has 0 radical (unpaired) electrons. The van der Waals surface area contributed by atoms with Gasteiger partial charge in [0.25, 0.3) is 0 Å². The molecule has 1 rings (SSSR count). The first-order chi connectivity index (χ1) is 9.56. The minimum Gasteiger partial charge on any atom is -0.464 e. The standard InChI is InChI=1S/C15H23NO4/c1-2-15(9-17,10-18)11-20-14(19)13(16)8-12-6-4-3-5-7-12/h3-7,13,17-18H,2,8-11,16H2,1H3/t13-/m0/s1. The zero-order valence-corrected chi connectivity index (χ0v) is 11.8. The van der Waals surface area contributed by atoms with E-state index in [1.807, 2.05) is 37.3 Å². The van der Waals surface area contributed by atoms with Crippen molar-refractivity contribution < 1.29 is 19.7 Å². The molecule has 0 saturated heterocycles. The SMILES string of the molecule is CCC(CO)(CO)COC(=O)[C@@H](N)Cc1ccccc1. The smallest absolute Gasteiger partial charge is 0.323 e. The van der Waals surface area contributed by atoms with Crippen molar-refractivity contribution >= 4 is 5.97 Å². The molecule has 1 aromatic carbocycles. The van der Waals surface area contributed by atoms with Crippen molar-refractivity contribution in [3.63, 3.8) is 0 Å². The van der Waals surface area contributed by atoms with Crippen LogP contribution in [0.2, 0.25) is 0 Å². The Hall–Kier alpha value is -1.43. The van der Waals surface area contributed by atoms with Crippen LogP contribution in [0, 0.1) is 5.41 Å². The van der Waals surface area contributed by atoms with Gasteiger partial charge >= 0.3 is 5.97 Å². The summed E-state index contributed by atoms with van der Waals surface area (Å²) in [4.78, 5) is 11.8. The number of aliphatic hydroxyl groups excluding tert-OH is 2. The van der Waals surface area contributed by atoms with Crippen molar-refractivity contribution in [2.75, 3.05) is 19.8 Å². The third-order valence-corrected chi connectivity index (χ3v) is 3.54. The molecule has 0 fully saturated rings. The van der Waals surface area contributed by atoms with Crippen LogP contribution in [0.1, 0.15) is 18.9 Å². The summed E-state index contributed by atoms with van der Waals surface area (Å²) in [6.07, 6.45) is 0.915. The molecule has 0 spiro atoms. The van der Waals surface area contributed by atoms with Gasteiger partial charge in [-0.25, -0.2) is 0 Å². The van der Waals surface area contributed by atoms with Crippen LogP contribution in [-0.4, -0.2) is 42.0 Å². The molecule has 0 heterocycles. The van der Waals surface area contributed by atoms with Crippen molar-refractivity contribution in [2.24, 2.45) is 11.1 Å². The van der Waals surface area contributed by atoms with E-state index in [1.165, 1.54) is 0 Å². The average Bonchev–Trinajstić information content (AvgIpc) is 2.50. The Morgan fingerprint density at radius 3 is 2.40 bits per heavy atom. The minimum absolute atomic E-state index is 0.0299. The van der Waals surface area contributed by atoms with Crippen LogP contribution >= 0.6 is 0 Å². The first-order valence-electron chi connectivity index (χ1n) is 6.75. The maximum Gasteiger partial charge on any atom is 0.323 e. The molecule has 20 heavy (non-hydrogen) atoms. The number of ether oxygens (including phenoxy) is 1. The number of rotatable bonds is 8. The molecule has 1 atom stereocenters. The van der Waals surface area contributed by atoms with Crippen LogP contribution in [0.15, 0.2) is 30.3 Å². The van der Waals surface area contributed by atoms with Gasteiger partial charge in [0.05, 0.1) is 18.6 Å². The van der Waals surface area contributed by atoms with E-state index in [2.05, 4.69) is 0 Å². The highest BCUT2D eigenvalue weighted by molar-refractivity contribution is 5.75. The molecule has 0 aliphatic rings. The molecule has 0 amide bonds. The number of esters is 1. The highest BCUT2D eigenvalue weighted by atomic mass is 16.5. The Morgan fingerprint density at radius 1 is 1.30 bits per heavy atom. The van der Waals surface area contributed by atoms with E-state index < -0.39 is 17.4 Å². The predicted octanol–water partition coefficient (Wildman–Crippen LogP) is 0.481. The topological polar surface area (TPSA) is 92.8 Å². The van der Waals surface area contributed by atoms with E-state index >= 15 is 0 Å². The lowest BCUT2D eigenvalue weighted by atomic mass is 9.88. The number of benzene rings is 1. The number of nitrogens with two attached hydrogens (primary N) is 1. The first-order valence-corrected chi connectivity index (χ1v) is 6.75. The predicted molar refractivity (Wildman–Crippen MR) is 76.0 cm³/mol. The Labute approximate surface area is 119 Å². The van der Waals surface area contributed by atoms with Gasteiger partial charge in [0.15, 0.2) is 0 Å². The lowest BCUT2D eigenvalue weighted by Gasteiger charge is -2.28. The number of carbonyl (C=O) groups excluding carboxylic acids is 1. The molecule has 0 aliphatic heterocycles. The van der Waals surface area contributed by atoms with E-state index in [4.69, 9.17) is 10.5 Å². The molecule has 0 aliphatic carbocycles. The first kappa shape index (κ1) is 16.6. The van der Waals surface area contributed by atoms with Gasteiger partial charge in [-0.1, -0.05) is 37.3 Å². The second-order valence-corrected chi connectivity index (χ2v) is 5.07. The Bertz CT molecular complexity index is 395. The van der Waals surface area contributed by atoms with Crippen LogP contribution in [0.3, 0.4) is 0 Å². The maximum atomic E-state index is 11.8. The van der Waals surface area contributed by atoms with Crippen molar-refractivity contribution in [1.29, 1.82) is 0 Å². The van der Waals surface area contributed by atoms with Gasteiger partial charge in [0.2, 0.25) is 0 Å². The fraction of sp³-hybridized carbons (Fsp3) is 0.533. The van der Waals surface area contributed by atoms with Gasteiger partial charge in [-0.15, -0.1) is 0 Å². The monoisotopic (exact) mass is 281 g/mol. The van der Waals surface area contributed by atoms with Gasteiger partial charge in [0.1, 0.15) is 12.6 Å². The fourth-order valence-electron chi connectivity index (χ4n) is 1.75. The summed E-state index contributed by atoms with van der Waals surface area (Å²) in [7, 11) is 0. The Balaban J connectivity index is 2.50. The number of aliphatic hydroxyl groups is 2. The van der Waals surface area contributed by atoms with Crippen molar-refractivity contribution in [3.8, 4) is 0 Å². The van der Waals surface area contributed by atoms with Gasteiger partial charge < -0.3 is 20.7 Å². The van der Waals surface area contributed by atoms with Crippen LogP contribution in [0.4, 0.5) is 0 Å². The van der Waals surface area contributed by atoms with E-state index in [0.717, 1.165) is 5.56 Å². The molecule has 112 valence electrons. The second-order valence-electron chi connectivity index (χ2n) is 5.07. The Kier molecular flexibility index (Phi) is 6.64. The van der Waals surface area contributed by atoms with Crippen molar-refractivity contribution in [1.82, 2.24) is 0 Å². The van der Waals surface area contributed by atoms with Crippen LogP contribution in [0.5, 0.6) is 0 Å². The normalized spacial score (nSPS) is 13.0. The minimum atomic E-state index is -0.790. The van der Waals surface area contributed by atoms with Gasteiger partial charge in [-0.3, -0.25) is 4.79 Å². The lowest BCUT2D eigenvalue weighted by Crippen LogP contribution is -2.40. The molecule has 0 aromatic heterocycles. The molecule has 0 unspecified atom stereocenters. The molecule has 5 heteroatoms. The summed E-state index contributed by atoms with van der Waals surface area (Å²) in [5, 5.41) is 18.6. The fourth-order valence-corrected chi connectivity index (χ4v) is 1.75. The molecule has 0 saturated carbocycles. The van der Waals surface area contributed by atoms with Crippen LogP contribution in [-0.2, 0) is 16.0 Å². The zero-order chi connectivity index (χ0) is 15.0. The van der Waals surface area contributed by atoms with Gasteiger partial charge in [-0.2, -0.15) is 0 Å². The number of hydrogen-bond acceptors (Lipinski definition) is 5. The maximum absolute atomic E-state index is 11.8. The quantitative estimate of drug-likeness (QED) is 0.603. The molecule has 4 N–H and O–H groups in total. The number of hydrogen-bond donors (Lipinski definition) is 3. The van der Waals surface area contributed by atoms with Gasteiger partial charge in [-0.05, 0) is 18.4 Å². The third kappa shape index (κ3) is 4.59. The highest BCUT2D eigenvalue weighted by Gasteiger charge is 2.29. The summed E-state index contributed by atoms with van der Waals surface area (Å²) >= 11 is 0. The summed E-state index contributed by atoms with van der Waals surface area (Å²) in [5.74, 6) is -0.520. The highest BCUT2D eigenvalue weighted by Crippen LogP contribution is 2.21. The van der Waals surface area contributed by atoms with Crippen molar-refractivity contribution in [2.45, 2.75) is 25.8 Å². The van der Waals surface area contributed by atoms with Crippen LogP contribution < -0.4 is 5.73 Å².